The zero-order valence-corrected chi connectivity index (χ0v) is 15.9. The first-order valence-corrected chi connectivity index (χ1v) is 9.19. The van der Waals surface area contributed by atoms with Gasteiger partial charge in [0.1, 0.15) is 0 Å². The number of hydrogen-bond donors (Lipinski definition) is 0. The van der Waals surface area contributed by atoms with Crippen molar-refractivity contribution in [3.05, 3.63) is 69.2 Å². The molecule has 4 nitrogen and oxygen atoms in total. The number of carbonyl (C=O) groups excluding carboxylic acids is 2. The highest BCUT2D eigenvalue weighted by molar-refractivity contribution is 6.36. The quantitative estimate of drug-likeness (QED) is 0.738. The first kappa shape index (κ1) is 18.7. The lowest BCUT2D eigenvalue weighted by atomic mass is 9.99. The normalized spacial score (nSPS) is 14.5. The van der Waals surface area contributed by atoms with Crippen LogP contribution in [0.3, 0.4) is 0 Å². The highest BCUT2D eigenvalue weighted by Crippen LogP contribution is 2.25. The third kappa shape index (κ3) is 4.19. The summed E-state index contributed by atoms with van der Waals surface area (Å²) in [6, 6.07) is 13.1. The minimum Gasteiger partial charge on any atom is -0.452 e. The van der Waals surface area contributed by atoms with E-state index in [0.717, 1.165) is 12.0 Å². The molecule has 0 saturated carbocycles. The maximum Gasteiger partial charge on any atom is 0.311 e. The average molecular weight is 392 g/mol. The van der Waals surface area contributed by atoms with E-state index in [9.17, 15) is 9.59 Å². The van der Waals surface area contributed by atoms with Gasteiger partial charge in [-0.15, -0.1) is 0 Å². The molecule has 1 aliphatic rings. The van der Waals surface area contributed by atoms with Crippen LogP contribution in [0.1, 0.15) is 23.6 Å². The molecule has 0 saturated heterocycles. The Kier molecular flexibility index (Phi) is 5.84. The Bertz CT molecular complexity index is 817. The van der Waals surface area contributed by atoms with E-state index in [4.69, 9.17) is 27.9 Å². The molecular weight excluding hydrogens is 373 g/mol. The van der Waals surface area contributed by atoms with Gasteiger partial charge in [0.15, 0.2) is 6.10 Å². The fraction of sp³-hybridized carbons (Fsp3) is 0.300. The van der Waals surface area contributed by atoms with Gasteiger partial charge in [-0.3, -0.25) is 9.59 Å². The Morgan fingerprint density at radius 2 is 1.73 bits per heavy atom. The Morgan fingerprint density at radius 1 is 1.08 bits per heavy atom. The molecule has 0 fully saturated rings. The lowest BCUT2D eigenvalue weighted by Gasteiger charge is -2.30. The summed E-state index contributed by atoms with van der Waals surface area (Å²) in [5.41, 5.74) is 2.90. The lowest BCUT2D eigenvalue weighted by molar-refractivity contribution is -0.159. The van der Waals surface area contributed by atoms with Crippen molar-refractivity contribution in [1.29, 1.82) is 0 Å². The first-order valence-electron chi connectivity index (χ1n) is 8.43. The Balaban J connectivity index is 1.60. The fourth-order valence-corrected chi connectivity index (χ4v) is 3.61. The first-order chi connectivity index (χ1) is 12.5. The molecule has 0 aliphatic carbocycles. The molecule has 6 heteroatoms. The van der Waals surface area contributed by atoms with Gasteiger partial charge in [-0.25, -0.2) is 0 Å². The second kappa shape index (κ2) is 8.11. The third-order valence-electron chi connectivity index (χ3n) is 4.48. The number of ether oxygens (including phenoxy) is 1. The van der Waals surface area contributed by atoms with E-state index in [1.165, 1.54) is 5.56 Å². The van der Waals surface area contributed by atoms with Crippen LogP contribution in [-0.4, -0.2) is 29.4 Å². The molecule has 0 unspecified atom stereocenters. The summed E-state index contributed by atoms with van der Waals surface area (Å²) in [5, 5.41) is 0.808. The number of halogens is 2. The van der Waals surface area contributed by atoms with Crippen LogP contribution >= 0.6 is 23.2 Å². The number of rotatable bonds is 4. The smallest absolute Gasteiger partial charge is 0.311 e. The predicted molar refractivity (Wildman–Crippen MR) is 101 cm³/mol. The summed E-state index contributed by atoms with van der Waals surface area (Å²) in [5.74, 6) is -0.726. The molecule has 1 aliphatic heterocycles. The molecule has 1 atom stereocenters. The van der Waals surface area contributed by atoms with E-state index in [1.807, 2.05) is 18.2 Å². The van der Waals surface area contributed by atoms with Crippen LogP contribution in [0.2, 0.25) is 10.0 Å². The van der Waals surface area contributed by atoms with Crippen molar-refractivity contribution in [3.63, 3.8) is 0 Å². The topological polar surface area (TPSA) is 46.6 Å². The summed E-state index contributed by atoms with van der Waals surface area (Å²) in [7, 11) is 0. The molecule has 0 aromatic heterocycles. The molecule has 0 spiro atoms. The van der Waals surface area contributed by atoms with Crippen LogP contribution in [-0.2, 0) is 33.7 Å². The Morgan fingerprint density at radius 3 is 2.42 bits per heavy atom. The molecule has 0 N–H and O–H groups in total. The van der Waals surface area contributed by atoms with Crippen molar-refractivity contribution in [1.82, 2.24) is 4.90 Å². The molecule has 2 aromatic carbocycles. The van der Waals surface area contributed by atoms with Crippen molar-refractivity contribution >= 4 is 35.1 Å². The average Bonchev–Trinajstić information content (AvgIpc) is 2.63. The lowest BCUT2D eigenvalue weighted by Crippen LogP contribution is -2.42. The zero-order chi connectivity index (χ0) is 18.7. The Labute approximate surface area is 162 Å². The van der Waals surface area contributed by atoms with Crippen molar-refractivity contribution in [2.45, 2.75) is 32.4 Å². The van der Waals surface area contributed by atoms with Gasteiger partial charge in [-0.2, -0.15) is 0 Å². The number of amides is 1. The number of fused-ring (bicyclic) bond motifs is 1. The van der Waals surface area contributed by atoms with E-state index in [-0.39, 0.29) is 12.3 Å². The SMILES string of the molecule is C[C@@H](OC(=O)Cc1c(Cl)cccc1Cl)C(=O)N1CCc2ccccc2C1. The highest BCUT2D eigenvalue weighted by atomic mass is 35.5. The number of benzene rings is 2. The van der Waals surface area contributed by atoms with Crippen LogP contribution in [0.15, 0.2) is 42.5 Å². The van der Waals surface area contributed by atoms with E-state index in [1.54, 1.807) is 30.0 Å². The van der Waals surface area contributed by atoms with Crippen molar-refractivity contribution in [2.75, 3.05) is 6.54 Å². The number of nitrogens with zero attached hydrogens (tertiary/aromatic N) is 1. The molecule has 136 valence electrons. The van der Waals surface area contributed by atoms with Gasteiger partial charge in [-0.1, -0.05) is 53.5 Å². The minimum atomic E-state index is -0.853. The molecule has 0 radical (unpaired) electrons. The van der Waals surface area contributed by atoms with Gasteiger partial charge >= 0.3 is 5.97 Å². The van der Waals surface area contributed by atoms with E-state index in [2.05, 4.69) is 6.07 Å². The third-order valence-corrected chi connectivity index (χ3v) is 5.19. The monoisotopic (exact) mass is 391 g/mol. The molecule has 1 heterocycles. The van der Waals surface area contributed by atoms with Gasteiger partial charge in [0.2, 0.25) is 0 Å². The molecular formula is C20H19Cl2NO3. The minimum absolute atomic E-state index is 0.0705. The van der Waals surface area contributed by atoms with Crippen LogP contribution < -0.4 is 0 Å². The Hall–Kier alpha value is -2.04. The standard InChI is InChI=1S/C20H19Cl2NO3/c1-13(26-19(24)11-16-17(21)7-4-8-18(16)22)20(25)23-10-9-14-5-2-3-6-15(14)12-23/h2-8,13H,9-12H2,1H3/t13-/m1/s1. The largest absolute Gasteiger partial charge is 0.452 e. The number of hydrogen-bond acceptors (Lipinski definition) is 3. The number of carbonyl (C=O) groups is 2. The zero-order valence-electron chi connectivity index (χ0n) is 14.4. The molecule has 0 bridgehead atoms. The van der Waals surface area contributed by atoms with E-state index < -0.39 is 12.1 Å². The van der Waals surface area contributed by atoms with Crippen LogP contribution in [0, 0.1) is 0 Å². The van der Waals surface area contributed by atoms with Gasteiger partial charge < -0.3 is 9.64 Å². The number of esters is 1. The van der Waals surface area contributed by atoms with Crippen molar-refractivity contribution in [2.24, 2.45) is 0 Å². The second-order valence-electron chi connectivity index (χ2n) is 6.29. The van der Waals surface area contributed by atoms with Gasteiger partial charge in [0.05, 0.1) is 6.42 Å². The highest BCUT2D eigenvalue weighted by Gasteiger charge is 2.27. The molecule has 1 amide bonds. The summed E-state index contributed by atoms with van der Waals surface area (Å²) in [6.45, 7) is 2.75. The molecule has 3 rings (SSSR count). The van der Waals surface area contributed by atoms with Crippen molar-refractivity contribution < 1.29 is 14.3 Å². The van der Waals surface area contributed by atoms with E-state index in [0.29, 0.717) is 28.7 Å². The van der Waals surface area contributed by atoms with Crippen LogP contribution in [0.4, 0.5) is 0 Å². The maximum atomic E-state index is 12.6. The molecule has 26 heavy (non-hydrogen) atoms. The van der Waals surface area contributed by atoms with Crippen molar-refractivity contribution in [3.8, 4) is 0 Å². The second-order valence-corrected chi connectivity index (χ2v) is 7.10. The summed E-state index contributed by atoms with van der Waals surface area (Å²) in [6.07, 6.45) is -0.120. The maximum absolute atomic E-state index is 12.6. The van der Waals surface area contributed by atoms with E-state index >= 15 is 0 Å². The van der Waals surface area contributed by atoms with Crippen LogP contribution in [0.5, 0.6) is 0 Å². The summed E-state index contributed by atoms with van der Waals surface area (Å²) >= 11 is 12.1. The van der Waals surface area contributed by atoms with Gasteiger partial charge in [-0.05, 0) is 36.6 Å². The molecule has 2 aromatic rings. The van der Waals surface area contributed by atoms with Gasteiger partial charge in [0, 0.05) is 28.7 Å². The fourth-order valence-electron chi connectivity index (χ4n) is 3.08. The van der Waals surface area contributed by atoms with Gasteiger partial charge in [0.25, 0.3) is 5.91 Å². The summed E-state index contributed by atoms with van der Waals surface area (Å²) in [4.78, 5) is 26.6. The predicted octanol–water partition coefficient (Wildman–Crippen LogP) is 4.05. The summed E-state index contributed by atoms with van der Waals surface area (Å²) < 4.78 is 5.32. The van der Waals surface area contributed by atoms with Crippen LogP contribution in [0.25, 0.3) is 0 Å².